The zero-order chi connectivity index (χ0) is 30.8. The van der Waals surface area contributed by atoms with Gasteiger partial charge in [-0.15, -0.1) is 6.58 Å². The SMILES string of the molecule is C=CCCc1ccc(-c2cc(F)c(C(F)(F)Oc3cc(F)c(C#Cc4cc(F)c(F)c(F)c4)c(F)c3)c(F)c2)c(F)c1. The maximum absolute atomic E-state index is 14.8. The Morgan fingerprint density at radius 1 is 0.690 bits per heavy atom. The minimum atomic E-state index is -4.80. The van der Waals surface area contributed by atoms with Gasteiger partial charge in [0.25, 0.3) is 0 Å². The molecule has 0 aliphatic rings. The van der Waals surface area contributed by atoms with Crippen LogP contribution in [-0.4, -0.2) is 0 Å². The second-order valence-electron chi connectivity index (χ2n) is 8.84. The molecule has 0 heterocycles. The zero-order valence-electron chi connectivity index (χ0n) is 21.1. The van der Waals surface area contributed by atoms with Crippen molar-refractivity contribution in [2.75, 3.05) is 0 Å². The van der Waals surface area contributed by atoms with Crippen molar-refractivity contribution in [3.8, 4) is 28.7 Å². The monoisotopic (exact) mass is 594 g/mol. The molecule has 0 aromatic heterocycles. The maximum Gasteiger partial charge on any atom is 0.432 e. The Labute approximate surface area is 232 Å². The van der Waals surface area contributed by atoms with Crippen LogP contribution in [0, 0.1) is 58.4 Å². The van der Waals surface area contributed by atoms with Crippen LogP contribution in [0.5, 0.6) is 5.75 Å². The van der Waals surface area contributed by atoms with Crippen molar-refractivity contribution in [1.82, 2.24) is 0 Å². The lowest BCUT2D eigenvalue weighted by atomic mass is 9.99. The molecular formula is C31H16F10O. The van der Waals surface area contributed by atoms with Gasteiger partial charge in [-0.25, -0.2) is 35.1 Å². The largest absolute Gasteiger partial charge is 0.432 e. The highest BCUT2D eigenvalue weighted by molar-refractivity contribution is 5.65. The molecular weight excluding hydrogens is 578 g/mol. The summed E-state index contributed by atoms with van der Waals surface area (Å²) < 4.78 is 147. The number of allylic oxidation sites excluding steroid dienone is 1. The van der Waals surface area contributed by atoms with Crippen molar-refractivity contribution in [3.05, 3.63) is 136 Å². The summed E-state index contributed by atoms with van der Waals surface area (Å²) in [5.74, 6) is -9.95. The van der Waals surface area contributed by atoms with Crippen molar-refractivity contribution in [1.29, 1.82) is 0 Å². The minimum absolute atomic E-state index is 0.236. The summed E-state index contributed by atoms with van der Waals surface area (Å²) in [5, 5.41) is 0. The first-order valence-electron chi connectivity index (χ1n) is 11.9. The van der Waals surface area contributed by atoms with E-state index >= 15 is 0 Å². The molecule has 0 unspecified atom stereocenters. The lowest BCUT2D eigenvalue weighted by Gasteiger charge is -2.20. The summed E-state index contributed by atoms with van der Waals surface area (Å²) in [5.41, 5.74) is -3.51. The molecule has 0 saturated heterocycles. The first kappa shape index (κ1) is 30.2. The number of benzene rings is 4. The van der Waals surface area contributed by atoms with Gasteiger partial charge in [-0.05, 0) is 54.3 Å². The Morgan fingerprint density at radius 3 is 1.83 bits per heavy atom. The lowest BCUT2D eigenvalue weighted by molar-refractivity contribution is -0.189. The third-order valence-electron chi connectivity index (χ3n) is 5.89. The molecule has 0 radical (unpaired) electrons. The van der Waals surface area contributed by atoms with E-state index in [1.54, 1.807) is 6.08 Å². The average Bonchev–Trinajstić information content (AvgIpc) is 2.89. The third kappa shape index (κ3) is 6.43. The number of hydrogen-bond acceptors (Lipinski definition) is 1. The summed E-state index contributed by atoms with van der Waals surface area (Å²) in [6, 6.07) is 6.17. The van der Waals surface area contributed by atoms with Gasteiger partial charge in [0.2, 0.25) is 0 Å². The van der Waals surface area contributed by atoms with E-state index in [4.69, 9.17) is 0 Å². The quantitative estimate of drug-likeness (QED) is 0.0898. The molecule has 0 aliphatic carbocycles. The van der Waals surface area contributed by atoms with E-state index in [1.807, 2.05) is 11.8 Å². The van der Waals surface area contributed by atoms with Gasteiger partial charge in [-0.2, -0.15) is 8.78 Å². The molecule has 4 rings (SSSR count). The van der Waals surface area contributed by atoms with E-state index in [0.717, 1.165) is 6.07 Å². The van der Waals surface area contributed by atoms with Crippen LogP contribution in [0.15, 0.2) is 67.3 Å². The molecule has 4 aromatic rings. The zero-order valence-corrected chi connectivity index (χ0v) is 21.1. The molecule has 0 fully saturated rings. The van der Waals surface area contributed by atoms with Gasteiger partial charge < -0.3 is 4.74 Å². The first-order valence-corrected chi connectivity index (χ1v) is 11.9. The summed E-state index contributed by atoms with van der Waals surface area (Å²) in [4.78, 5) is 0. The average molecular weight is 594 g/mol. The fourth-order valence-corrected chi connectivity index (χ4v) is 3.91. The number of aryl methyl sites for hydroxylation is 1. The molecule has 0 spiro atoms. The molecule has 11 heteroatoms. The fourth-order valence-electron chi connectivity index (χ4n) is 3.91. The van der Waals surface area contributed by atoms with Gasteiger partial charge in [0, 0.05) is 23.3 Å². The minimum Gasteiger partial charge on any atom is -0.429 e. The highest BCUT2D eigenvalue weighted by Gasteiger charge is 2.41. The second kappa shape index (κ2) is 12.0. The van der Waals surface area contributed by atoms with Gasteiger partial charge in [-0.3, -0.25) is 0 Å². The number of alkyl halides is 2. The van der Waals surface area contributed by atoms with Crippen LogP contribution in [0.2, 0.25) is 0 Å². The molecule has 42 heavy (non-hydrogen) atoms. The van der Waals surface area contributed by atoms with Crippen LogP contribution < -0.4 is 4.74 Å². The van der Waals surface area contributed by atoms with Crippen molar-refractivity contribution in [2.24, 2.45) is 0 Å². The molecule has 0 aliphatic heterocycles. The van der Waals surface area contributed by atoms with Gasteiger partial charge in [0.1, 0.15) is 40.4 Å². The Kier molecular flexibility index (Phi) is 8.66. The third-order valence-corrected chi connectivity index (χ3v) is 5.89. The van der Waals surface area contributed by atoms with Crippen molar-refractivity contribution >= 4 is 0 Å². The molecule has 1 nitrogen and oxygen atoms in total. The normalized spacial score (nSPS) is 11.2. The Hall–Kier alpha value is -4.72. The van der Waals surface area contributed by atoms with Gasteiger partial charge in [0.15, 0.2) is 17.5 Å². The Balaban J connectivity index is 1.61. The van der Waals surface area contributed by atoms with Crippen molar-refractivity contribution in [3.63, 3.8) is 0 Å². The van der Waals surface area contributed by atoms with E-state index in [2.05, 4.69) is 11.3 Å². The Bertz CT molecular complexity index is 1680. The molecule has 0 atom stereocenters. The van der Waals surface area contributed by atoms with E-state index in [9.17, 15) is 43.9 Å². The van der Waals surface area contributed by atoms with Crippen LogP contribution in [0.3, 0.4) is 0 Å². The number of halogens is 10. The van der Waals surface area contributed by atoms with Crippen LogP contribution in [0.25, 0.3) is 11.1 Å². The number of rotatable bonds is 7. The highest BCUT2D eigenvalue weighted by Crippen LogP contribution is 2.38. The summed E-state index contributed by atoms with van der Waals surface area (Å²) >= 11 is 0. The van der Waals surface area contributed by atoms with Crippen LogP contribution >= 0.6 is 0 Å². The molecule has 0 bridgehead atoms. The Morgan fingerprint density at radius 2 is 1.29 bits per heavy atom. The van der Waals surface area contributed by atoms with Crippen molar-refractivity contribution < 1.29 is 48.6 Å². The van der Waals surface area contributed by atoms with Gasteiger partial charge in [-0.1, -0.05) is 30.0 Å². The summed E-state index contributed by atoms with van der Waals surface area (Å²) in [7, 11) is 0. The second-order valence-corrected chi connectivity index (χ2v) is 8.84. The van der Waals surface area contributed by atoms with Crippen LogP contribution in [-0.2, 0) is 12.5 Å². The predicted octanol–water partition coefficient (Wildman–Crippen LogP) is 9.11. The number of hydrogen-bond donors (Lipinski definition) is 0. The maximum atomic E-state index is 14.8. The highest BCUT2D eigenvalue weighted by atomic mass is 19.3. The molecule has 4 aromatic carbocycles. The molecule has 0 N–H and O–H groups in total. The molecule has 216 valence electrons. The molecule has 0 amide bonds. The fraction of sp³-hybridized carbons (Fsp3) is 0.0968. The van der Waals surface area contributed by atoms with Crippen molar-refractivity contribution in [2.45, 2.75) is 19.0 Å². The topological polar surface area (TPSA) is 9.23 Å². The first-order chi connectivity index (χ1) is 19.8. The van der Waals surface area contributed by atoms with E-state index in [0.29, 0.717) is 42.7 Å². The van der Waals surface area contributed by atoms with Gasteiger partial charge in [0.05, 0.1) is 5.56 Å². The standard InChI is InChI=1S/C31H16F10O/c1-2-3-4-16-5-7-20(22(32)9-16)18-12-25(35)29(26(36)13-18)31(40,41)42-19-14-23(33)21(24(34)15-19)8-6-17-10-27(37)30(39)28(38)11-17/h2,5,7,9-15H,1,3-4H2. The summed E-state index contributed by atoms with van der Waals surface area (Å²) in [6.45, 7) is 3.55. The van der Waals surface area contributed by atoms with E-state index < -0.39 is 80.6 Å². The van der Waals surface area contributed by atoms with Crippen LogP contribution in [0.4, 0.5) is 43.9 Å². The summed E-state index contributed by atoms with van der Waals surface area (Å²) in [6.07, 6.45) is -2.18. The van der Waals surface area contributed by atoms with Crippen LogP contribution in [0.1, 0.15) is 28.7 Å². The van der Waals surface area contributed by atoms with E-state index in [1.165, 1.54) is 12.1 Å². The van der Waals surface area contributed by atoms with E-state index in [-0.39, 0.29) is 17.7 Å². The lowest BCUT2D eigenvalue weighted by Crippen LogP contribution is -2.25. The predicted molar refractivity (Wildman–Crippen MR) is 133 cm³/mol. The van der Waals surface area contributed by atoms with Gasteiger partial charge >= 0.3 is 6.11 Å². The number of ether oxygens (including phenoxy) is 1. The smallest absolute Gasteiger partial charge is 0.429 e. The molecule has 0 saturated carbocycles.